The molecule has 76 valence electrons. The van der Waals surface area contributed by atoms with E-state index in [1.165, 1.54) is 0 Å². The highest BCUT2D eigenvalue weighted by Crippen LogP contribution is 2.06. The van der Waals surface area contributed by atoms with Gasteiger partial charge in [-0.25, -0.2) is 4.98 Å². The first-order valence-corrected chi connectivity index (χ1v) is 4.62. The number of carbonyl (C=O) groups excluding carboxylic acids is 1. The number of nitrogens with one attached hydrogen (secondary N) is 1. The normalized spacial score (nSPS) is 10.1. The van der Waals surface area contributed by atoms with E-state index >= 15 is 0 Å². The molecule has 2 heterocycles. The number of pyridine rings is 1. The van der Waals surface area contributed by atoms with Crippen molar-refractivity contribution in [3.8, 4) is 0 Å². The molecule has 0 spiro atoms. The number of hydrogen-bond donors (Lipinski definition) is 1. The number of rotatable bonds is 3. The van der Waals surface area contributed by atoms with Crippen LogP contribution in [0.4, 0.5) is 0 Å². The van der Waals surface area contributed by atoms with Gasteiger partial charge in [0.2, 0.25) is 0 Å². The smallest absolute Gasteiger partial charge is 0.251 e. The number of amides is 1. The summed E-state index contributed by atoms with van der Waals surface area (Å²) < 4.78 is 1.85. The maximum atomic E-state index is 11.6. The summed E-state index contributed by atoms with van der Waals surface area (Å²) in [5.41, 5.74) is 1.53. The van der Waals surface area contributed by atoms with Crippen LogP contribution in [0.1, 0.15) is 10.4 Å². The highest BCUT2D eigenvalue weighted by molar-refractivity contribution is 5.95. The molecule has 0 bridgehead atoms. The van der Waals surface area contributed by atoms with Crippen LogP contribution in [0, 0.1) is 0 Å². The average Bonchev–Trinajstić information content (AvgIpc) is 2.72. The Bertz CT molecular complexity index is 501. The number of carbonyl (C=O) groups is 1. The van der Waals surface area contributed by atoms with Crippen LogP contribution < -0.4 is 5.32 Å². The second-order valence-electron chi connectivity index (χ2n) is 3.14. The quantitative estimate of drug-likeness (QED) is 0.760. The van der Waals surface area contributed by atoms with Gasteiger partial charge in [0.25, 0.3) is 5.91 Å². The monoisotopic (exact) mass is 201 g/mol. The highest BCUT2D eigenvalue weighted by atomic mass is 16.1. The van der Waals surface area contributed by atoms with Gasteiger partial charge < -0.3 is 9.72 Å². The van der Waals surface area contributed by atoms with Crippen molar-refractivity contribution in [2.24, 2.45) is 0 Å². The van der Waals surface area contributed by atoms with E-state index in [9.17, 15) is 4.79 Å². The van der Waals surface area contributed by atoms with Crippen molar-refractivity contribution < 1.29 is 4.79 Å². The second kappa shape index (κ2) is 3.96. The molecule has 15 heavy (non-hydrogen) atoms. The Morgan fingerprint density at radius 1 is 1.67 bits per heavy atom. The molecule has 4 nitrogen and oxygen atoms in total. The fraction of sp³-hybridized carbons (Fsp3) is 0.0909. The number of nitrogens with zero attached hydrogens (tertiary/aromatic N) is 2. The third-order valence-corrected chi connectivity index (χ3v) is 2.08. The van der Waals surface area contributed by atoms with E-state index in [2.05, 4.69) is 16.9 Å². The van der Waals surface area contributed by atoms with Crippen molar-refractivity contribution in [3.63, 3.8) is 0 Å². The Kier molecular flexibility index (Phi) is 2.49. The molecule has 1 N–H and O–H groups in total. The van der Waals surface area contributed by atoms with Crippen molar-refractivity contribution >= 4 is 11.4 Å². The zero-order valence-corrected chi connectivity index (χ0v) is 8.18. The molecule has 0 unspecified atom stereocenters. The summed E-state index contributed by atoms with van der Waals surface area (Å²) in [5.74, 6) is -0.0985. The summed E-state index contributed by atoms with van der Waals surface area (Å²) >= 11 is 0. The fourth-order valence-electron chi connectivity index (χ4n) is 1.33. The number of fused-ring (bicyclic) bond motifs is 1. The number of imidazole rings is 1. The van der Waals surface area contributed by atoms with Gasteiger partial charge in [-0.3, -0.25) is 4.79 Å². The maximum Gasteiger partial charge on any atom is 0.251 e. The zero-order valence-electron chi connectivity index (χ0n) is 8.18. The molecular weight excluding hydrogens is 190 g/mol. The Labute approximate surface area is 87.3 Å². The van der Waals surface area contributed by atoms with Gasteiger partial charge in [-0.05, 0) is 12.1 Å². The van der Waals surface area contributed by atoms with E-state index in [1.807, 2.05) is 10.6 Å². The number of hydrogen-bond acceptors (Lipinski definition) is 2. The molecule has 0 saturated carbocycles. The molecule has 2 aromatic heterocycles. The predicted molar refractivity (Wildman–Crippen MR) is 57.7 cm³/mol. The van der Waals surface area contributed by atoms with Gasteiger partial charge in [-0.15, -0.1) is 6.58 Å². The molecule has 2 aromatic rings. The van der Waals surface area contributed by atoms with Gasteiger partial charge in [-0.1, -0.05) is 6.08 Å². The first-order valence-electron chi connectivity index (χ1n) is 4.62. The average molecular weight is 201 g/mol. The highest BCUT2D eigenvalue weighted by Gasteiger charge is 2.04. The molecule has 1 amide bonds. The SMILES string of the molecule is C=CCNC(=O)c1ccn2cncc2c1. The second-order valence-corrected chi connectivity index (χ2v) is 3.14. The Balaban J connectivity index is 2.27. The fourth-order valence-corrected chi connectivity index (χ4v) is 1.33. The van der Waals surface area contributed by atoms with E-state index < -0.39 is 0 Å². The molecule has 2 rings (SSSR count). The lowest BCUT2D eigenvalue weighted by atomic mass is 10.2. The predicted octanol–water partition coefficient (Wildman–Crippen LogP) is 1.25. The van der Waals surface area contributed by atoms with E-state index in [-0.39, 0.29) is 5.91 Å². The van der Waals surface area contributed by atoms with Gasteiger partial charge >= 0.3 is 0 Å². The molecular formula is C11H11N3O. The van der Waals surface area contributed by atoms with E-state index in [0.29, 0.717) is 12.1 Å². The number of aromatic nitrogens is 2. The molecule has 0 aliphatic rings. The summed E-state index contributed by atoms with van der Waals surface area (Å²) in [6, 6.07) is 3.55. The molecule has 0 aliphatic carbocycles. The van der Waals surface area contributed by atoms with E-state index in [0.717, 1.165) is 5.52 Å². The largest absolute Gasteiger partial charge is 0.349 e. The summed E-state index contributed by atoms with van der Waals surface area (Å²) in [4.78, 5) is 15.6. The van der Waals surface area contributed by atoms with Gasteiger partial charge in [0, 0.05) is 18.3 Å². The Morgan fingerprint density at radius 3 is 3.33 bits per heavy atom. The van der Waals surface area contributed by atoms with Crippen molar-refractivity contribution in [2.45, 2.75) is 0 Å². The van der Waals surface area contributed by atoms with Crippen molar-refractivity contribution in [2.75, 3.05) is 6.54 Å². The first-order chi connectivity index (χ1) is 7.31. The summed E-state index contributed by atoms with van der Waals surface area (Å²) in [5, 5.41) is 2.72. The Hall–Kier alpha value is -2.10. The summed E-state index contributed by atoms with van der Waals surface area (Å²) in [6.45, 7) is 4.01. The standard InChI is InChI=1S/C11H11N3O/c1-2-4-13-11(15)9-3-5-14-8-12-7-10(14)6-9/h2-3,5-8H,1,4H2,(H,13,15). The van der Waals surface area contributed by atoms with Crippen LogP contribution in [0.3, 0.4) is 0 Å². The van der Waals surface area contributed by atoms with Crippen molar-refractivity contribution in [1.29, 1.82) is 0 Å². The minimum atomic E-state index is -0.0985. The lowest BCUT2D eigenvalue weighted by molar-refractivity contribution is 0.0958. The molecule has 0 radical (unpaired) electrons. The van der Waals surface area contributed by atoms with E-state index in [4.69, 9.17) is 0 Å². The van der Waals surface area contributed by atoms with Crippen LogP contribution in [0.25, 0.3) is 5.52 Å². The van der Waals surface area contributed by atoms with Crippen LogP contribution in [0.5, 0.6) is 0 Å². The lowest BCUT2D eigenvalue weighted by Crippen LogP contribution is -2.23. The molecule has 0 atom stereocenters. The molecule has 0 aliphatic heterocycles. The molecule has 0 aromatic carbocycles. The van der Waals surface area contributed by atoms with Crippen molar-refractivity contribution in [1.82, 2.24) is 14.7 Å². The van der Waals surface area contributed by atoms with Crippen LogP contribution in [0.2, 0.25) is 0 Å². The van der Waals surface area contributed by atoms with Gasteiger partial charge in [-0.2, -0.15) is 0 Å². The van der Waals surface area contributed by atoms with Crippen LogP contribution in [-0.2, 0) is 0 Å². The third-order valence-electron chi connectivity index (χ3n) is 2.08. The van der Waals surface area contributed by atoms with Crippen molar-refractivity contribution in [3.05, 3.63) is 49.1 Å². The Morgan fingerprint density at radius 2 is 2.53 bits per heavy atom. The summed E-state index contributed by atoms with van der Waals surface area (Å²) in [7, 11) is 0. The van der Waals surface area contributed by atoms with Gasteiger partial charge in [0.1, 0.15) is 0 Å². The maximum absolute atomic E-state index is 11.6. The van der Waals surface area contributed by atoms with Gasteiger partial charge in [0.15, 0.2) is 0 Å². The minimum absolute atomic E-state index is 0.0985. The van der Waals surface area contributed by atoms with Crippen LogP contribution >= 0.6 is 0 Å². The lowest BCUT2D eigenvalue weighted by Gasteiger charge is -2.02. The first kappa shape index (κ1) is 9.45. The van der Waals surface area contributed by atoms with Crippen LogP contribution in [-0.4, -0.2) is 21.8 Å². The molecule has 4 heteroatoms. The molecule has 0 saturated heterocycles. The minimum Gasteiger partial charge on any atom is -0.349 e. The van der Waals surface area contributed by atoms with E-state index in [1.54, 1.807) is 30.7 Å². The topological polar surface area (TPSA) is 46.4 Å². The van der Waals surface area contributed by atoms with Crippen LogP contribution in [0.15, 0.2) is 43.5 Å². The summed E-state index contributed by atoms with van der Waals surface area (Å²) in [6.07, 6.45) is 6.87. The van der Waals surface area contributed by atoms with Gasteiger partial charge in [0.05, 0.1) is 18.0 Å². The third kappa shape index (κ3) is 1.88. The molecule has 0 fully saturated rings. The zero-order chi connectivity index (χ0) is 10.7.